The SMILES string of the molecule is CCNC(=NCc1ccc(OCC)c(OC)c1)NCC(=O)NC(C)(C)C. The fourth-order valence-electron chi connectivity index (χ4n) is 2.22. The molecule has 1 rings (SSSR count). The quantitative estimate of drug-likeness (QED) is 0.486. The predicted octanol–water partition coefficient (Wildman–Crippen LogP) is 2.06. The second-order valence-corrected chi connectivity index (χ2v) is 6.77. The number of hydrogen-bond acceptors (Lipinski definition) is 4. The molecule has 1 aromatic carbocycles. The van der Waals surface area contributed by atoms with Gasteiger partial charge in [-0.3, -0.25) is 4.79 Å². The van der Waals surface area contributed by atoms with Gasteiger partial charge in [0.2, 0.25) is 5.91 Å². The van der Waals surface area contributed by atoms with E-state index in [0.29, 0.717) is 37.2 Å². The van der Waals surface area contributed by atoms with Gasteiger partial charge in [0.15, 0.2) is 17.5 Å². The second kappa shape index (κ2) is 10.5. The Labute approximate surface area is 156 Å². The predicted molar refractivity (Wildman–Crippen MR) is 105 cm³/mol. The lowest BCUT2D eigenvalue weighted by molar-refractivity contribution is -0.121. The zero-order valence-corrected chi connectivity index (χ0v) is 16.7. The molecule has 7 heteroatoms. The van der Waals surface area contributed by atoms with Crippen molar-refractivity contribution in [2.75, 3.05) is 26.8 Å². The molecule has 0 radical (unpaired) electrons. The van der Waals surface area contributed by atoms with Gasteiger partial charge in [-0.25, -0.2) is 4.99 Å². The number of nitrogens with zero attached hydrogens (tertiary/aromatic N) is 1. The van der Waals surface area contributed by atoms with Crippen molar-refractivity contribution >= 4 is 11.9 Å². The molecule has 0 heterocycles. The van der Waals surface area contributed by atoms with Crippen molar-refractivity contribution in [1.29, 1.82) is 0 Å². The fraction of sp³-hybridized carbons (Fsp3) is 0.579. The molecule has 0 saturated carbocycles. The Morgan fingerprint density at radius 3 is 2.46 bits per heavy atom. The molecule has 146 valence electrons. The van der Waals surface area contributed by atoms with Crippen molar-refractivity contribution in [2.45, 2.75) is 46.7 Å². The van der Waals surface area contributed by atoms with Crippen molar-refractivity contribution < 1.29 is 14.3 Å². The summed E-state index contributed by atoms with van der Waals surface area (Å²) < 4.78 is 10.9. The highest BCUT2D eigenvalue weighted by Gasteiger charge is 2.13. The van der Waals surface area contributed by atoms with Gasteiger partial charge in [0.05, 0.1) is 26.8 Å². The average molecular weight is 364 g/mol. The Balaban J connectivity index is 2.72. The molecule has 0 aliphatic heterocycles. The highest BCUT2D eigenvalue weighted by molar-refractivity contribution is 5.86. The third-order valence-corrected chi connectivity index (χ3v) is 3.22. The van der Waals surface area contributed by atoms with Gasteiger partial charge in [-0.1, -0.05) is 6.07 Å². The topological polar surface area (TPSA) is 84.0 Å². The summed E-state index contributed by atoms with van der Waals surface area (Å²) in [6.07, 6.45) is 0. The summed E-state index contributed by atoms with van der Waals surface area (Å²) in [7, 11) is 1.62. The number of rotatable bonds is 8. The first kappa shape index (κ1) is 21.6. The number of hydrogen-bond donors (Lipinski definition) is 3. The molecule has 3 N–H and O–H groups in total. The molecule has 0 aliphatic rings. The van der Waals surface area contributed by atoms with E-state index in [0.717, 1.165) is 5.56 Å². The molecule has 0 atom stereocenters. The van der Waals surface area contributed by atoms with Gasteiger partial charge < -0.3 is 25.4 Å². The normalized spacial score (nSPS) is 11.7. The van der Waals surface area contributed by atoms with Crippen LogP contribution >= 0.6 is 0 Å². The largest absolute Gasteiger partial charge is 0.493 e. The van der Waals surface area contributed by atoms with Crippen LogP contribution in [0, 0.1) is 0 Å². The highest BCUT2D eigenvalue weighted by atomic mass is 16.5. The monoisotopic (exact) mass is 364 g/mol. The molecular weight excluding hydrogens is 332 g/mol. The number of guanidine groups is 1. The van der Waals surface area contributed by atoms with Crippen molar-refractivity contribution in [3.05, 3.63) is 23.8 Å². The van der Waals surface area contributed by atoms with Gasteiger partial charge in [0, 0.05) is 12.1 Å². The van der Waals surface area contributed by atoms with E-state index in [2.05, 4.69) is 20.9 Å². The lowest BCUT2D eigenvalue weighted by atomic mass is 10.1. The standard InChI is InChI=1S/C19H32N4O3/c1-7-20-18(22-13-17(24)23-19(3,4)5)21-12-14-9-10-15(26-8-2)16(11-14)25-6/h9-11H,7-8,12-13H2,1-6H3,(H,23,24)(H2,20,21,22). The maximum absolute atomic E-state index is 11.9. The molecule has 0 fully saturated rings. The van der Waals surface area contributed by atoms with E-state index < -0.39 is 0 Å². The maximum Gasteiger partial charge on any atom is 0.239 e. The molecule has 0 bridgehead atoms. The lowest BCUT2D eigenvalue weighted by Crippen LogP contribution is -2.48. The Morgan fingerprint density at radius 2 is 1.88 bits per heavy atom. The third-order valence-electron chi connectivity index (χ3n) is 3.22. The summed E-state index contributed by atoms with van der Waals surface area (Å²) in [5, 5.41) is 9.09. The molecule has 1 amide bonds. The van der Waals surface area contributed by atoms with Crippen LogP contribution in [0.1, 0.15) is 40.2 Å². The summed E-state index contributed by atoms with van der Waals surface area (Å²) in [4.78, 5) is 16.5. The van der Waals surface area contributed by atoms with Crippen LogP contribution in [0.25, 0.3) is 0 Å². The Hall–Kier alpha value is -2.44. The van der Waals surface area contributed by atoms with Gasteiger partial charge in [0.1, 0.15) is 0 Å². The summed E-state index contributed by atoms with van der Waals surface area (Å²) >= 11 is 0. The van der Waals surface area contributed by atoms with Crippen molar-refractivity contribution in [2.24, 2.45) is 4.99 Å². The third kappa shape index (κ3) is 8.09. The van der Waals surface area contributed by atoms with E-state index in [4.69, 9.17) is 9.47 Å². The van der Waals surface area contributed by atoms with Crippen LogP contribution in [0.15, 0.2) is 23.2 Å². The second-order valence-electron chi connectivity index (χ2n) is 6.77. The highest BCUT2D eigenvalue weighted by Crippen LogP contribution is 2.28. The lowest BCUT2D eigenvalue weighted by Gasteiger charge is -2.21. The van der Waals surface area contributed by atoms with Crippen molar-refractivity contribution in [3.8, 4) is 11.5 Å². The minimum Gasteiger partial charge on any atom is -0.493 e. The van der Waals surface area contributed by atoms with E-state index >= 15 is 0 Å². The number of benzene rings is 1. The van der Waals surface area contributed by atoms with Crippen LogP contribution in [0.4, 0.5) is 0 Å². The Kier molecular flexibility index (Phi) is 8.75. The number of methoxy groups -OCH3 is 1. The Bertz CT molecular complexity index is 609. The minimum absolute atomic E-state index is 0.0779. The van der Waals surface area contributed by atoms with Gasteiger partial charge in [0.25, 0.3) is 0 Å². The van der Waals surface area contributed by atoms with E-state index in [9.17, 15) is 4.79 Å². The molecule has 0 aromatic heterocycles. The van der Waals surface area contributed by atoms with E-state index in [1.54, 1.807) is 7.11 Å². The van der Waals surface area contributed by atoms with Gasteiger partial charge in [-0.05, 0) is 52.3 Å². The number of carbonyl (C=O) groups is 1. The molecule has 7 nitrogen and oxygen atoms in total. The zero-order chi connectivity index (χ0) is 19.6. The molecule has 1 aromatic rings. The number of amides is 1. The molecule has 0 spiro atoms. The van der Waals surface area contributed by atoms with Crippen LogP contribution in [-0.4, -0.2) is 44.2 Å². The number of ether oxygens (including phenoxy) is 2. The molecule has 0 unspecified atom stereocenters. The first-order valence-corrected chi connectivity index (χ1v) is 8.92. The van der Waals surface area contributed by atoms with Crippen LogP contribution < -0.4 is 25.4 Å². The Morgan fingerprint density at radius 1 is 1.15 bits per heavy atom. The maximum atomic E-state index is 11.9. The van der Waals surface area contributed by atoms with Gasteiger partial charge in [-0.2, -0.15) is 0 Å². The van der Waals surface area contributed by atoms with E-state index in [-0.39, 0.29) is 18.0 Å². The first-order valence-electron chi connectivity index (χ1n) is 8.92. The summed E-state index contributed by atoms with van der Waals surface area (Å²) in [5.41, 5.74) is 0.731. The van der Waals surface area contributed by atoms with E-state index in [1.165, 1.54) is 0 Å². The number of nitrogens with one attached hydrogen (secondary N) is 3. The zero-order valence-electron chi connectivity index (χ0n) is 16.7. The van der Waals surface area contributed by atoms with Gasteiger partial charge >= 0.3 is 0 Å². The average Bonchev–Trinajstić information content (AvgIpc) is 2.57. The van der Waals surface area contributed by atoms with Crippen LogP contribution in [-0.2, 0) is 11.3 Å². The summed E-state index contributed by atoms with van der Waals surface area (Å²) in [6, 6.07) is 5.74. The van der Waals surface area contributed by atoms with Crippen LogP contribution in [0.3, 0.4) is 0 Å². The van der Waals surface area contributed by atoms with E-state index in [1.807, 2.05) is 52.8 Å². The molecular formula is C19H32N4O3. The van der Waals surface area contributed by atoms with Crippen LogP contribution in [0.2, 0.25) is 0 Å². The summed E-state index contributed by atoms with van der Waals surface area (Å²) in [5.74, 6) is 1.91. The molecule has 0 saturated heterocycles. The number of carbonyl (C=O) groups excluding carboxylic acids is 1. The summed E-state index contributed by atoms with van der Waals surface area (Å²) in [6.45, 7) is 11.7. The first-order chi connectivity index (χ1) is 12.3. The fourth-order valence-corrected chi connectivity index (χ4v) is 2.22. The van der Waals surface area contributed by atoms with Gasteiger partial charge in [-0.15, -0.1) is 0 Å². The molecule has 26 heavy (non-hydrogen) atoms. The smallest absolute Gasteiger partial charge is 0.239 e. The van der Waals surface area contributed by atoms with Crippen LogP contribution in [0.5, 0.6) is 11.5 Å². The van der Waals surface area contributed by atoms with Crippen molar-refractivity contribution in [3.63, 3.8) is 0 Å². The van der Waals surface area contributed by atoms with Crippen molar-refractivity contribution in [1.82, 2.24) is 16.0 Å². The minimum atomic E-state index is -0.257. The molecule has 0 aliphatic carbocycles. The number of aliphatic imine (C=N–C) groups is 1.